The molecule has 1 saturated carbocycles. The van der Waals surface area contributed by atoms with E-state index in [1.54, 1.807) is 6.07 Å². The van der Waals surface area contributed by atoms with Crippen LogP contribution in [-0.4, -0.2) is 49.4 Å². The minimum absolute atomic E-state index is 0.0275. The maximum atomic E-state index is 11.8. The third-order valence-electron chi connectivity index (χ3n) is 8.52. The molecule has 12 heteroatoms. The molecule has 1 saturated heterocycles. The van der Waals surface area contributed by atoms with Crippen LogP contribution >= 0.6 is 23.2 Å². The summed E-state index contributed by atoms with van der Waals surface area (Å²) in [5, 5.41) is 4.82. The number of imidazole rings is 1. The monoisotopic (exact) mass is 619 g/mol. The summed E-state index contributed by atoms with van der Waals surface area (Å²) in [4.78, 5) is 31.6. The van der Waals surface area contributed by atoms with Crippen LogP contribution in [-0.2, 0) is 11.3 Å². The molecule has 2 fully saturated rings. The fourth-order valence-corrected chi connectivity index (χ4v) is 6.83. The lowest BCUT2D eigenvalue weighted by atomic mass is 9.83. The van der Waals surface area contributed by atoms with Gasteiger partial charge < -0.3 is 14.2 Å². The normalized spacial score (nSPS) is 21.0. The summed E-state index contributed by atoms with van der Waals surface area (Å²) in [5.41, 5.74) is 3.72. The number of ether oxygens (including phenoxy) is 1. The highest BCUT2D eigenvalue weighted by Gasteiger charge is 2.32. The predicted molar refractivity (Wildman–Crippen MR) is 165 cm³/mol. The van der Waals surface area contributed by atoms with E-state index in [1.165, 1.54) is 12.8 Å². The van der Waals surface area contributed by atoms with Gasteiger partial charge in [0, 0.05) is 28.7 Å². The molecule has 1 N–H and O–H groups in total. The highest BCUT2D eigenvalue weighted by atomic mass is 35.5. The Hall–Kier alpha value is -3.73. The first-order valence-electron chi connectivity index (χ1n) is 14.6. The van der Waals surface area contributed by atoms with Crippen molar-refractivity contribution in [2.24, 2.45) is 11.8 Å². The van der Waals surface area contributed by atoms with E-state index in [1.807, 2.05) is 30.3 Å². The molecule has 1 atom stereocenters. The summed E-state index contributed by atoms with van der Waals surface area (Å²) in [7, 11) is 0. The van der Waals surface area contributed by atoms with Gasteiger partial charge in [-0.05, 0) is 48.4 Å². The average molecular weight is 621 g/mol. The van der Waals surface area contributed by atoms with E-state index in [2.05, 4.69) is 38.7 Å². The van der Waals surface area contributed by atoms with Crippen molar-refractivity contribution < 1.29 is 9.26 Å². The second-order valence-corrected chi connectivity index (χ2v) is 12.4. The van der Waals surface area contributed by atoms with Gasteiger partial charge in [-0.3, -0.25) is 9.51 Å². The fourth-order valence-electron chi connectivity index (χ4n) is 6.30. The lowest BCUT2D eigenvalue weighted by Crippen LogP contribution is -2.41. The number of benzene rings is 2. The topological polar surface area (TPSA) is 115 Å². The third kappa shape index (κ3) is 5.67. The first-order chi connectivity index (χ1) is 20.9. The molecule has 0 amide bonds. The van der Waals surface area contributed by atoms with Crippen LogP contribution < -0.4 is 10.7 Å². The van der Waals surface area contributed by atoms with E-state index in [0.29, 0.717) is 52.6 Å². The van der Waals surface area contributed by atoms with Gasteiger partial charge in [0.05, 0.1) is 19.3 Å². The van der Waals surface area contributed by atoms with Gasteiger partial charge in [0.15, 0.2) is 5.65 Å². The van der Waals surface area contributed by atoms with Crippen molar-refractivity contribution in [2.45, 2.75) is 45.2 Å². The molecular formula is C31H31Cl2N7O3. The number of halogens is 2. The molecule has 0 spiro atoms. The molecule has 1 aliphatic heterocycles. The highest BCUT2D eigenvalue weighted by molar-refractivity contribution is 6.35. The zero-order valence-corrected chi connectivity index (χ0v) is 25.2. The Morgan fingerprint density at radius 2 is 1.77 bits per heavy atom. The molecule has 0 bridgehead atoms. The number of nitrogens with one attached hydrogen (secondary N) is 1. The Balaban J connectivity index is 1.47. The zero-order chi connectivity index (χ0) is 29.5. The summed E-state index contributed by atoms with van der Waals surface area (Å²) in [6.45, 7) is 4.89. The number of aromatic amines is 1. The fraction of sp³-hybridized carbons (Fsp3) is 0.387. The van der Waals surface area contributed by atoms with Crippen LogP contribution in [0, 0.1) is 11.8 Å². The molecule has 2 aromatic carbocycles. The molecule has 3 aromatic heterocycles. The minimum Gasteiger partial charge on any atom is -0.377 e. The number of hydrogen-bond acceptors (Lipinski definition) is 8. The zero-order valence-electron chi connectivity index (χ0n) is 23.7. The summed E-state index contributed by atoms with van der Waals surface area (Å²) >= 11 is 13.0. The molecule has 0 radical (unpaired) electrons. The Labute approximate surface area is 258 Å². The number of anilines is 1. The van der Waals surface area contributed by atoms with Crippen LogP contribution in [0.15, 0.2) is 57.8 Å². The first kappa shape index (κ1) is 28.1. The largest absolute Gasteiger partial charge is 0.439 e. The Morgan fingerprint density at radius 3 is 2.49 bits per heavy atom. The van der Waals surface area contributed by atoms with E-state index in [0.717, 1.165) is 42.3 Å². The van der Waals surface area contributed by atoms with Crippen molar-refractivity contribution in [3.8, 4) is 22.9 Å². The molecule has 222 valence electrons. The van der Waals surface area contributed by atoms with E-state index < -0.39 is 5.76 Å². The van der Waals surface area contributed by atoms with E-state index in [9.17, 15) is 4.79 Å². The van der Waals surface area contributed by atoms with Gasteiger partial charge in [0.1, 0.15) is 11.2 Å². The van der Waals surface area contributed by atoms with Gasteiger partial charge in [-0.15, -0.1) is 0 Å². The molecule has 5 aromatic rings. The standard InChI is InChI=1S/C31H31Cl2N7O3/c1-18-7-9-19(10-8-18)16-40-26-25(21-13-22(32)15-23(33)14-21)34-28(29-37-31(41)43-38-29)35-27(26)36-30(40)39-11-12-42-17-24(39)20-5-3-2-4-6-20/h2-6,13-15,18-19,24H,7-12,16-17H2,1H3,(H,37,38,41)/t18?,19?,24-/m0/s1. The van der Waals surface area contributed by atoms with Crippen molar-refractivity contribution in [2.75, 3.05) is 24.7 Å². The van der Waals surface area contributed by atoms with Gasteiger partial charge in [0.25, 0.3) is 0 Å². The summed E-state index contributed by atoms with van der Waals surface area (Å²) in [5.74, 6) is 1.63. The number of morpholine rings is 1. The van der Waals surface area contributed by atoms with Gasteiger partial charge in [-0.25, -0.2) is 14.8 Å². The summed E-state index contributed by atoms with van der Waals surface area (Å²) in [6.07, 6.45) is 4.69. The second kappa shape index (κ2) is 11.7. The third-order valence-corrected chi connectivity index (χ3v) is 8.95. The van der Waals surface area contributed by atoms with Crippen LogP contribution in [0.1, 0.15) is 44.2 Å². The minimum atomic E-state index is -0.692. The first-order valence-corrected chi connectivity index (χ1v) is 15.4. The van der Waals surface area contributed by atoms with Gasteiger partial charge >= 0.3 is 5.76 Å². The quantitative estimate of drug-likeness (QED) is 0.227. The smallest absolute Gasteiger partial charge is 0.377 e. The molecule has 0 unspecified atom stereocenters. The summed E-state index contributed by atoms with van der Waals surface area (Å²) < 4.78 is 13.0. The summed E-state index contributed by atoms with van der Waals surface area (Å²) in [6, 6.07) is 15.7. The molecule has 2 aliphatic rings. The number of fused-ring (bicyclic) bond motifs is 1. The number of hydrogen-bond donors (Lipinski definition) is 1. The van der Waals surface area contributed by atoms with Crippen LogP contribution in [0.4, 0.5) is 5.95 Å². The lowest BCUT2D eigenvalue weighted by molar-refractivity contribution is 0.0927. The number of nitrogens with zero attached hydrogens (tertiary/aromatic N) is 6. The maximum absolute atomic E-state index is 11.8. The van der Waals surface area contributed by atoms with Gasteiger partial charge in [-0.2, -0.15) is 4.98 Å². The number of rotatable bonds is 6. The Morgan fingerprint density at radius 1 is 1.00 bits per heavy atom. The number of aromatic nitrogens is 6. The van der Waals surface area contributed by atoms with E-state index in [-0.39, 0.29) is 17.7 Å². The van der Waals surface area contributed by atoms with Crippen molar-refractivity contribution in [3.63, 3.8) is 0 Å². The molecular weight excluding hydrogens is 589 g/mol. The predicted octanol–water partition coefficient (Wildman–Crippen LogP) is 6.55. The average Bonchev–Trinajstić information content (AvgIpc) is 3.61. The molecule has 7 rings (SSSR count). The van der Waals surface area contributed by atoms with E-state index in [4.69, 9.17) is 47.4 Å². The lowest BCUT2D eigenvalue weighted by Gasteiger charge is -2.37. The van der Waals surface area contributed by atoms with Crippen LogP contribution in [0.5, 0.6) is 0 Å². The highest BCUT2D eigenvalue weighted by Crippen LogP contribution is 2.39. The number of H-pyrrole nitrogens is 1. The van der Waals surface area contributed by atoms with Crippen molar-refractivity contribution >= 4 is 40.3 Å². The van der Waals surface area contributed by atoms with Crippen molar-refractivity contribution in [1.82, 2.24) is 29.7 Å². The van der Waals surface area contributed by atoms with E-state index >= 15 is 0 Å². The van der Waals surface area contributed by atoms with Crippen LogP contribution in [0.25, 0.3) is 34.1 Å². The van der Waals surface area contributed by atoms with Gasteiger partial charge in [-0.1, -0.05) is 78.5 Å². The Bertz CT molecular complexity index is 1790. The second-order valence-electron chi connectivity index (χ2n) is 11.5. The van der Waals surface area contributed by atoms with Crippen molar-refractivity contribution in [1.29, 1.82) is 0 Å². The molecule has 10 nitrogen and oxygen atoms in total. The van der Waals surface area contributed by atoms with Crippen molar-refractivity contribution in [3.05, 3.63) is 74.7 Å². The molecule has 4 heterocycles. The van der Waals surface area contributed by atoms with Crippen LogP contribution in [0.3, 0.4) is 0 Å². The van der Waals surface area contributed by atoms with Gasteiger partial charge in [0.2, 0.25) is 17.6 Å². The maximum Gasteiger partial charge on any atom is 0.439 e. The van der Waals surface area contributed by atoms with Crippen LogP contribution in [0.2, 0.25) is 10.0 Å². The SMILES string of the molecule is CC1CCC(Cn2c(N3CCOC[C@H]3c3ccccc3)nc3nc(-c4noc(=O)[nH]4)nc(-c4cc(Cl)cc(Cl)c4)c32)CC1. The molecule has 43 heavy (non-hydrogen) atoms. The Kier molecular flexibility index (Phi) is 7.67. The molecule has 1 aliphatic carbocycles.